The summed E-state index contributed by atoms with van der Waals surface area (Å²) in [6.45, 7) is 6.58. The third-order valence-electron chi connectivity index (χ3n) is 8.72. The first kappa shape index (κ1) is 27.7. The van der Waals surface area contributed by atoms with Crippen molar-refractivity contribution in [2.75, 3.05) is 0 Å². The number of aromatic nitrogens is 4. The van der Waals surface area contributed by atoms with E-state index in [0.717, 1.165) is 33.4 Å². The largest absolute Gasteiger partial charge is 0.308 e. The first-order chi connectivity index (χ1) is 22.5. The van der Waals surface area contributed by atoms with Crippen LogP contribution in [0.1, 0.15) is 16.7 Å². The summed E-state index contributed by atoms with van der Waals surface area (Å²) in [5.74, 6) is 1.93. The van der Waals surface area contributed by atoms with Crippen LogP contribution in [0.15, 0.2) is 140 Å². The molecule has 2 aromatic heterocycles. The van der Waals surface area contributed by atoms with Crippen molar-refractivity contribution in [1.29, 1.82) is 0 Å². The number of hydrogen-bond donors (Lipinski definition) is 0. The van der Waals surface area contributed by atoms with Crippen LogP contribution >= 0.6 is 0 Å². The molecule has 8 aromatic rings. The highest BCUT2D eigenvalue weighted by molar-refractivity contribution is 6.10. The second-order valence-corrected chi connectivity index (χ2v) is 11.9. The van der Waals surface area contributed by atoms with Crippen LogP contribution in [0.25, 0.3) is 72.8 Å². The number of nitrogens with zero attached hydrogens (tertiary/aromatic N) is 4. The zero-order chi connectivity index (χ0) is 31.2. The van der Waals surface area contributed by atoms with E-state index in [-0.39, 0.29) is 0 Å². The van der Waals surface area contributed by atoms with Crippen LogP contribution in [0, 0.1) is 20.8 Å². The maximum absolute atomic E-state index is 5.09. The normalized spacial score (nSPS) is 11.4. The molecule has 4 nitrogen and oxygen atoms in total. The molecule has 8 rings (SSSR count). The molecule has 0 aliphatic carbocycles. The van der Waals surface area contributed by atoms with Crippen LogP contribution < -0.4 is 0 Å². The number of para-hydroxylation sites is 2. The van der Waals surface area contributed by atoms with Gasteiger partial charge in [-0.3, -0.25) is 0 Å². The van der Waals surface area contributed by atoms with Crippen molar-refractivity contribution in [2.45, 2.75) is 20.8 Å². The summed E-state index contributed by atoms with van der Waals surface area (Å²) in [5, 5.41) is 2.42. The molecule has 6 aromatic carbocycles. The third kappa shape index (κ3) is 4.76. The summed E-state index contributed by atoms with van der Waals surface area (Å²) in [6, 6.07) is 48.8. The number of benzene rings is 6. The molecule has 220 valence electrons. The molecular weight excluding hydrogens is 560 g/mol. The van der Waals surface area contributed by atoms with Gasteiger partial charge in [-0.2, -0.15) is 0 Å². The maximum atomic E-state index is 5.09. The molecular formula is C42H32N4. The third-order valence-corrected chi connectivity index (χ3v) is 8.72. The van der Waals surface area contributed by atoms with Crippen molar-refractivity contribution < 1.29 is 0 Å². The Balaban J connectivity index is 1.40. The topological polar surface area (TPSA) is 43.6 Å². The van der Waals surface area contributed by atoms with Crippen molar-refractivity contribution in [1.82, 2.24) is 19.5 Å². The average molecular weight is 593 g/mol. The van der Waals surface area contributed by atoms with Crippen molar-refractivity contribution >= 4 is 21.8 Å². The number of aryl methyl sites for hydroxylation is 3. The molecule has 46 heavy (non-hydrogen) atoms. The van der Waals surface area contributed by atoms with E-state index in [4.69, 9.17) is 15.0 Å². The predicted molar refractivity (Wildman–Crippen MR) is 190 cm³/mol. The fourth-order valence-corrected chi connectivity index (χ4v) is 6.81. The summed E-state index contributed by atoms with van der Waals surface area (Å²) < 4.78 is 2.37. The van der Waals surface area contributed by atoms with Crippen molar-refractivity contribution in [2.24, 2.45) is 0 Å². The number of rotatable bonds is 5. The van der Waals surface area contributed by atoms with Crippen LogP contribution in [0.4, 0.5) is 0 Å². The van der Waals surface area contributed by atoms with Gasteiger partial charge in [-0.1, -0.05) is 121 Å². The zero-order valence-corrected chi connectivity index (χ0v) is 26.1. The van der Waals surface area contributed by atoms with E-state index in [0.29, 0.717) is 17.5 Å². The average Bonchev–Trinajstić information content (AvgIpc) is 3.42. The lowest BCUT2D eigenvalue weighted by molar-refractivity contribution is 1.06. The Hall–Kier alpha value is -5.87. The standard InChI is InChI=1S/C42H32N4/c1-27-24-28(2)39(29(3)25-27)32-22-23-34-33-18-10-12-20-36(33)46(38(34)26-32)37-21-13-11-19-35(37)42-44-40(30-14-6-4-7-15-30)43-41(45-42)31-16-8-5-9-17-31/h4-26H,1-3H3. The van der Waals surface area contributed by atoms with Gasteiger partial charge in [0, 0.05) is 27.5 Å². The van der Waals surface area contributed by atoms with Gasteiger partial charge in [-0.15, -0.1) is 0 Å². The van der Waals surface area contributed by atoms with Crippen molar-refractivity contribution in [3.8, 4) is 51.0 Å². The van der Waals surface area contributed by atoms with E-state index < -0.39 is 0 Å². The van der Waals surface area contributed by atoms with E-state index in [2.05, 4.69) is 104 Å². The summed E-state index contributed by atoms with van der Waals surface area (Å²) in [7, 11) is 0. The minimum Gasteiger partial charge on any atom is -0.308 e. The van der Waals surface area contributed by atoms with E-state index in [1.165, 1.54) is 38.6 Å². The molecule has 0 N–H and O–H groups in total. The fourth-order valence-electron chi connectivity index (χ4n) is 6.81. The SMILES string of the molecule is Cc1cc(C)c(-c2ccc3c4ccccc4n(-c4ccccc4-c4nc(-c5ccccc5)nc(-c5ccccc5)n4)c3c2)c(C)c1. The van der Waals surface area contributed by atoms with Gasteiger partial charge in [-0.25, -0.2) is 15.0 Å². The summed E-state index contributed by atoms with van der Waals surface area (Å²) in [5.41, 5.74) is 12.5. The Kier molecular flexibility index (Phi) is 6.76. The van der Waals surface area contributed by atoms with Gasteiger partial charge in [0.1, 0.15) is 0 Å². The van der Waals surface area contributed by atoms with E-state index in [1.807, 2.05) is 60.7 Å². The van der Waals surface area contributed by atoms with Gasteiger partial charge in [0.2, 0.25) is 0 Å². The highest BCUT2D eigenvalue weighted by Gasteiger charge is 2.20. The molecule has 0 saturated carbocycles. The highest BCUT2D eigenvalue weighted by atomic mass is 15.1. The maximum Gasteiger partial charge on any atom is 0.166 e. The molecule has 0 aliphatic rings. The van der Waals surface area contributed by atoms with Gasteiger partial charge in [-0.05, 0) is 67.3 Å². The van der Waals surface area contributed by atoms with Gasteiger partial charge in [0.15, 0.2) is 17.5 Å². The van der Waals surface area contributed by atoms with E-state index in [1.54, 1.807) is 0 Å². The number of fused-ring (bicyclic) bond motifs is 3. The van der Waals surface area contributed by atoms with Crippen LogP contribution in [0.3, 0.4) is 0 Å². The molecule has 0 unspecified atom stereocenters. The van der Waals surface area contributed by atoms with Crippen molar-refractivity contribution in [3.05, 3.63) is 156 Å². The smallest absolute Gasteiger partial charge is 0.166 e. The Bertz CT molecular complexity index is 2310. The lowest BCUT2D eigenvalue weighted by Gasteiger charge is -2.16. The lowest BCUT2D eigenvalue weighted by Crippen LogP contribution is -2.03. The van der Waals surface area contributed by atoms with Crippen LogP contribution in [0.2, 0.25) is 0 Å². The molecule has 0 atom stereocenters. The first-order valence-corrected chi connectivity index (χ1v) is 15.6. The fraction of sp³-hybridized carbons (Fsp3) is 0.0714. The second-order valence-electron chi connectivity index (χ2n) is 11.9. The Morgan fingerprint density at radius 2 is 0.978 bits per heavy atom. The molecule has 0 fully saturated rings. The predicted octanol–water partition coefficient (Wildman–Crippen LogP) is 10.6. The Labute approximate surface area is 268 Å². The second kappa shape index (κ2) is 11.2. The summed E-state index contributed by atoms with van der Waals surface area (Å²) in [6.07, 6.45) is 0. The minimum atomic E-state index is 0.635. The lowest BCUT2D eigenvalue weighted by atomic mass is 9.93. The molecule has 0 aliphatic heterocycles. The molecule has 0 radical (unpaired) electrons. The first-order valence-electron chi connectivity index (χ1n) is 15.6. The van der Waals surface area contributed by atoms with E-state index >= 15 is 0 Å². The Morgan fingerprint density at radius 3 is 1.65 bits per heavy atom. The summed E-state index contributed by atoms with van der Waals surface area (Å²) >= 11 is 0. The summed E-state index contributed by atoms with van der Waals surface area (Å²) in [4.78, 5) is 15.1. The molecule has 4 heteroatoms. The van der Waals surface area contributed by atoms with Crippen LogP contribution in [-0.4, -0.2) is 19.5 Å². The van der Waals surface area contributed by atoms with Crippen LogP contribution in [0.5, 0.6) is 0 Å². The van der Waals surface area contributed by atoms with Gasteiger partial charge >= 0.3 is 0 Å². The molecule has 0 amide bonds. The highest BCUT2D eigenvalue weighted by Crippen LogP contribution is 2.39. The van der Waals surface area contributed by atoms with E-state index in [9.17, 15) is 0 Å². The van der Waals surface area contributed by atoms with Gasteiger partial charge in [0.05, 0.1) is 16.7 Å². The Morgan fingerprint density at radius 1 is 0.435 bits per heavy atom. The molecule has 0 spiro atoms. The molecule has 0 bridgehead atoms. The zero-order valence-electron chi connectivity index (χ0n) is 26.1. The van der Waals surface area contributed by atoms with Gasteiger partial charge < -0.3 is 4.57 Å². The van der Waals surface area contributed by atoms with Crippen LogP contribution in [-0.2, 0) is 0 Å². The monoisotopic (exact) mass is 592 g/mol. The quantitative estimate of drug-likeness (QED) is 0.200. The molecule has 0 saturated heterocycles. The van der Waals surface area contributed by atoms with Crippen molar-refractivity contribution in [3.63, 3.8) is 0 Å². The minimum absolute atomic E-state index is 0.635. The van der Waals surface area contributed by atoms with Gasteiger partial charge in [0.25, 0.3) is 0 Å². The molecule has 2 heterocycles. The number of hydrogen-bond acceptors (Lipinski definition) is 3.